The fourth-order valence-corrected chi connectivity index (χ4v) is 2.04. The third-order valence-electron chi connectivity index (χ3n) is 2.46. The molecule has 0 radical (unpaired) electrons. The second kappa shape index (κ2) is 6.88. The Kier molecular flexibility index (Phi) is 5.78. The van der Waals surface area contributed by atoms with Crippen molar-refractivity contribution in [2.75, 3.05) is 19.4 Å². The van der Waals surface area contributed by atoms with Gasteiger partial charge < -0.3 is 15.2 Å². The summed E-state index contributed by atoms with van der Waals surface area (Å²) in [6.07, 6.45) is 0.557. The first kappa shape index (κ1) is 15.9. The maximum absolute atomic E-state index is 11.3. The minimum absolute atomic E-state index is 0.165. The molecule has 0 amide bonds. The highest BCUT2D eigenvalue weighted by molar-refractivity contribution is 7.90. The minimum Gasteiger partial charge on any atom is -0.491 e. The first-order valence-electron chi connectivity index (χ1n) is 6.13. The van der Waals surface area contributed by atoms with Gasteiger partial charge in [-0.15, -0.1) is 0 Å². The first-order valence-corrected chi connectivity index (χ1v) is 8.02. The smallest absolute Gasteiger partial charge is 0.175 e. The number of ether oxygens (including phenoxy) is 1. The zero-order chi connectivity index (χ0) is 14.5. The Morgan fingerprint density at radius 1 is 1.26 bits per heavy atom. The highest BCUT2D eigenvalue weighted by Crippen LogP contribution is 2.15. The molecule has 108 valence electrons. The van der Waals surface area contributed by atoms with Crippen LogP contribution in [0.25, 0.3) is 0 Å². The van der Waals surface area contributed by atoms with Gasteiger partial charge in [-0.3, -0.25) is 0 Å². The van der Waals surface area contributed by atoms with E-state index < -0.39 is 15.9 Å². The minimum atomic E-state index is -3.18. The number of aliphatic hydroxyl groups is 1. The molecule has 6 heteroatoms. The molecule has 0 aliphatic carbocycles. The molecule has 5 nitrogen and oxygen atoms in total. The van der Waals surface area contributed by atoms with Gasteiger partial charge in [-0.05, 0) is 24.3 Å². The number of hydrogen-bond acceptors (Lipinski definition) is 5. The average molecular weight is 287 g/mol. The van der Waals surface area contributed by atoms with Gasteiger partial charge in [0.2, 0.25) is 0 Å². The van der Waals surface area contributed by atoms with E-state index in [1.54, 1.807) is 12.1 Å². The summed E-state index contributed by atoms with van der Waals surface area (Å²) in [5.74, 6) is 0.538. The Morgan fingerprint density at radius 2 is 1.84 bits per heavy atom. The van der Waals surface area contributed by atoms with E-state index >= 15 is 0 Å². The molecule has 0 heterocycles. The van der Waals surface area contributed by atoms with Gasteiger partial charge >= 0.3 is 0 Å². The summed E-state index contributed by atoms with van der Waals surface area (Å²) in [7, 11) is -3.18. The molecule has 1 rings (SSSR count). The summed E-state index contributed by atoms with van der Waals surface area (Å²) in [6, 6.07) is 6.45. The molecule has 1 unspecified atom stereocenters. The maximum atomic E-state index is 11.3. The number of benzene rings is 1. The van der Waals surface area contributed by atoms with Crippen LogP contribution in [0.3, 0.4) is 0 Å². The van der Waals surface area contributed by atoms with Crippen LogP contribution in [-0.4, -0.2) is 45.1 Å². The van der Waals surface area contributed by atoms with Crippen LogP contribution in [0.5, 0.6) is 5.75 Å². The van der Waals surface area contributed by atoms with Crippen molar-refractivity contribution in [2.45, 2.75) is 30.9 Å². The van der Waals surface area contributed by atoms with E-state index in [2.05, 4.69) is 5.32 Å². The van der Waals surface area contributed by atoms with Crippen LogP contribution >= 0.6 is 0 Å². The van der Waals surface area contributed by atoms with Crippen LogP contribution in [0, 0.1) is 0 Å². The summed E-state index contributed by atoms with van der Waals surface area (Å²) in [5, 5.41) is 12.8. The molecule has 19 heavy (non-hydrogen) atoms. The molecule has 2 N–H and O–H groups in total. The Labute approximate surface area is 114 Å². The third-order valence-corrected chi connectivity index (χ3v) is 3.58. The molecule has 0 saturated carbocycles. The highest BCUT2D eigenvalue weighted by Gasteiger charge is 2.08. The number of hydrogen-bond donors (Lipinski definition) is 2. The topological polar surface area (TPSA) is 75.6 Å². The SMILES string of the molecule is CC(C)NCC(O)COc1ccc(S(C)(=O)=O)cc1. The van der Waals surface area contributed by atoms with Crippen molar-refractivity contribution in [2.24, 2.45) is 0 Å². The number of rotatable bonds is 7. The lowest BCUT2D eigenvalue weighted by atomic mass is 10.3. The van der Waals surface area contributed by atoms with E-state index in [9.17, 15) is 13.5 Å². The van der Waals surface area contributed by atoms with Gasteiger partial charge in [-0.2, -0.15) is 0 Å². The van der Waals surface area contributed by atoms with Gasteiger partial charge in [0, 0.05) is 18.8 Å². The van der Waals surface area contributed by atoms with Crippen LogP contribution in [-0.2, 0) is 9.84 Å². The Morgan fingerprint density at radius 3 is 2.32 bits per heavy atom. The van der Waals surface area contributed by atoms with E-state index in [1.165, 1.54) is 12.1 Å². The molecule has 1 atom stereocenters. The van der Waals surface area contributed by atoms with Gasteiger partial charge in [0.25, 0.3) is 0 Å². The number of sulfone groups is 1. The third kappa shape index (κ3) is 6.04. The predicted molar refractivity (Wildman–Crippen MR) is 74.2 cm³/mol. The van der Waals surface area contributed by atoms with Crippen LogP contribution in [0.2, 0.25) is 0 Å². The van der Waals surface area contributed by atoms with Crippen LogP contribution < -0.4 is 10.1 Å². The highest BCUT2D eigenvalue weighted by atomic mass is 32.2. The standard InChI is InChI=1S/C13H21NO4S/c1-10(2)14-8-11(15)9-18-12-4-6-13(7-5-12)19(3,16)17/h4-7,10-11,14-15H,8-9H2,1-3H3. The van der Waals surface area contributed by atoms with Crippen molar-refractivity contribution < 1.29 is 18.3 Å². The number of nitrogens with one attached hydrogen (secondary N) is 1. The molecule has 0 aromatic heterocycles. The molecule has 0 fully saturated rings. The van der Waals surface area contributed by atoms with E-state index in [0.717, 1.165) is 6.26 Å². The molecule has 0 bridgehead atoms. The molecular weight excluding hydrogens is 266 g/mol. The van der Waals surface area contributed by atoms with Crippen molar-refractivity contribution >= 4 is 9.84 Å². The van der Waals surface area contributed by atoms with E-state index in [-0.39, 0.29) is 11.5 Å². The summed E-state index contributed by atoms with van der Waals surface area (Å²) in [5.41, 5.74) is 0. The van der Waals surface area contributed by atoms with Crippen molar-refractivity contribution in [3.8, 4) is 5.75 Å². The first-order chi connectivity index (χ1) is 8.79. The summed E-state index contributed by atoms with van der Waals surface area (Å²) < 4.78 is 27.9. The molecule has 1 aromatic rings. The van der Waals surface area contributed by atoms with E-state index in [1.807, 2.05) is 13.8 Å². The second-order valence-corrected chi connectivity index (χ2v) is 6.79. The monoisotopic (exact) mass is 287 g/mol. The molecule has 0 aliphatic heterocycles. The zero-order valence-electron chi connectivity index (χ0n) is 11.5. The van der Waals surface area contributed by atoms with E-state index in [0.29, 0.717) is 18.3 Å². The van der Waals surface area contributed by atoms with Gasteiger partial charge in [-0.1, -0.05) is 13.8 Å². The summed E-state index contributed by atoms with van der Waals surface area (Å²) in [6.45, 7) is 4.62. The molecule has 0 spiro atoms. The Bertz CT molecular complexity index is 482. The quantitative estimate of drug-likeness (QED) is 0.777. The van der Waals surface area contributed by atoms with Crippen LogP contribution in [0.15, 0.2) is 29.2 Å². The van der Waals surface area contributed by atoms with Crippen LogP contribution in [0.1, 0.15) is 13.8 Å². The number of aliphatic hydroxyl groups excluding tert-OH is 1. The Hall–Kier alpha value is -1.11. The summed E-state index contributed by atoms with van der Waals surface area (Å²) in [4.78, 5) is 0.252. The fourth-order valence-electron chi connectivity index (χ4n) is 1.41. The van der Waals surface area contributed by atoms with Crippen molar-refractivity contribution in [3.63, 3.8) is 0 Å². The van der Waals surface area contributed by atoms with Gasteiger partial charge in [0.05, 0.1) is 4.90 Å². The molecule has 0 saturated heterocycles. The zero-order valence-corrected chi connectivity index (χ0v) is 12.3. The largest absolute Gasteiger partial charge is 0.491 e. The fraction of sp³-hybridized carbons (Fsp3) is 0.538. The molecule has 1 aromatic carbocycles. The van der Waals surface area contributed by atoms with Crippen molar-refractivity contribution in [1.82, 2.24) is 5.32 Å². The normalized spacial score (nSPS) is 13.5. The van der Waals surface area contributed by atoms with Crippen LogP contribution in [0.4, 0.5) is 0 Å². The molecular formula is C13H21NO4S. The lowest BCUT2D eigenvalue weighted by Crippen LogP contribution is -2.35. The maximum Gasteiger partial charge on any atom is 0.175 e. The molecule has 0 aliphatic rings. The second-order valence-electron chi connectivity index (χ2n) is 4.77. The Balaban J connectivity index is 2.46. The van der Waals surface area contributed by atoms with E-state index in [4.69, 9.17) is 4.74 Å². The lowest BCUT2D eigenvalue weighted by Gasteiger charge is -2.15. The summed E-state index contributed by atoms with van der Waals surface area (Å²) >= 11 is 0. The van der Waals surface area contributed by atoms with Gasteiger partial charge in [-0.25, -0.2) is 8.42 Å². The van der Waals surface area contributed by atoms with Crippen molar-refractivity contribution in [3.05, 3.63) is 24.3 Å². The average Bonchev–Trinajstić information content (AvgIpc) is 2.33. The van der Waals surface area contributed by atoms with Gasteiger partial charge in [0.15, 0.2) is 9.84 Å². The van der Waals surface area contributed by atoms with Gasteiger partial charge in [0.1, 0.15) is 18.5 Å². The lowest BCUT2D eigenvalue weighted by molar-refractivity contribution is 0.104. The predicted octanol–water partition coefficient (Wildman–Crippen LogP) is 0.828. The van der Waals surface area contributed by atoms with Crippen molar-refractivity contribution in [1.29, 1.82) is 0 Å².